The molecule has 0 aliphatic rings. The minimum absolute atomic E-state index is 2.22. The summed E-state index contributed by atoms with van der Waals surface area (Å²) in [7, 11) is 0. The van der Waals surface area contributed by atoms with Crippen molar-refractivity contribution >= 4 is 11.6 Å². The molecule has 0 atom stereocenters. The molecule has 0 amide bonds. The van der Waals surface area contributed by atoms with E-state index in [0.29, 0.717) is 0 Å². The first-order valence-corrected chi connectivity index (χ1v) is 3.68. The van der Waals surface area contributed by atoms with Crippen LogP contribution in [0.2, 0.25) is 0 Å². The van der Waals surface area contributed by atoms with Crippen LogP contribution in [-0.4, -0.2) is 12.0 Å². The molecular weight excluding hydrogens is 294 g/mol. The number of hydrogen-bond acceptors (Lipinski definition) is 1. The van der Waals surface area contributed by atoms with Crippen LogP contribution in [0.25, 0.3) is 0 Å². The Hall–Kier alpha value is -1.06. The average molecular weight is 294 g/mol. The van der Waals surface area contributed by atoms with Gasteiger partial charge in [0, 0.05) is 0 Å². The normalized spacial score (nSPS) is 14.2. The molecule has 0 spiro atoms. The molecule has 17 heavy (non-hydrogen) atoms. The summed E-state index contributed by atoms with van der Waals surface area (Å²) in [5.74, 6) is -9.55. The maximum Gasteiger partial charge on any atom is 0.473 e. The lowest BCUT2D eigenvalue weighted by Gasteiger charge is -2.23. The molecule has 0 fully saturated rings. The van der Waals surface area contributed by atoms with Crippen molar-refractivity contribution in [3.63, 3.8) is 0 Å². The Morgan fingerprint density at radius 2 is 1.29 bits per heavy atom. The van der Waals surface area contributed by atoms with Gasteiger partial charge in [0.2, 0.25) is 11.1 Å². The molecule has 0 unspecified atom stereocenters. The quantitative estimate of drug-likeness (QED) is 0.543. The summed E-state index contributed by atoms with van der Waals surface area (Å²) in [5.41, 5.74) is 0. The molecule has 0 aromatic heterocycles. The second kappa shape index (κ2) is 5.07. The molecule has 0 heterocycles. The third-order valence-electron chi connectivity index (χ3n) is 1.17. The van der Waals surface area contributed by atoms with Crippen molar-refractivity contribution in [2.45, 2.75) is 12.0 Å². The van der Waals surface area contributed by atoms with Gasteiger partial charge in [0.1, 0.15) is 0 Å². The summed E-state index contributed by atoms with van der Waals surface area (Å²) >= 11 is 4.03. The Balaban J connectivity index is 5.33. The number of halogens is 10. The molecule has 0 aromatic carbocycles. The van der Waals surface area contributed by atoms with Crippen LogP contribution < -0.4 is 0 Å². The summed E-state index contributed by atoms with van der Waals surface area (Å²) in [6, 6.07) is -3.36. The zero-order chi connectivity index (χ0) is 14.0. The molecule has 0 bridgehead atoms. The van der Waals surface area contributed by atoms with Crippen molar-refractivity contribution in [1.29, 1.82) is 0 Å². The summed E-state index contributed by atoms with van der Waals surface area (Å²) in [6.07, 6.45) is -9.59. The topological polar surface area (TPSA) is 9.23 Å². The van der Waals surface area contributed by atoms with Gasteiger partial charge in [-0.1, -0.05) is 0 Å². The lowest BCUT2D eigenvalue weighted by atomic mass is 10.3. The predicted octanol–water partition coefficient (Wildman–Crippen LogP) is 4.61. The average Bonchev–Trinajstić information content (AvgIpc) is 2.14. The fourth-order valence-corrected chi connectivity index (χ4v) is 0.580. The van der Waals surface area contributed by atoms with Gasteiger partial charge in [-0.15, -0.1) is 0 Å². The van der Waals surface area contributed by atoms with Crippen LogP contribution in [0.3, 0.4) is 0 Å². The first-order valence-electron chi connectivity index (χ1n) is 3.30. The van der Waals surface area contributed by atoms with Crippen molar-refractivity contribution < 1.29 is 44.3 Å². The van der Waals surface area contributed by atoms with Gasteiger partial charge in [-0.3, -0.25) is 0 Å². The third kappa shape index (κ3) is 3.45. The van der Waals surface area contributed by atoms with Gasteiger partial charge in [0.05, 0.1) is 0 Å². The van der Waals surface area contributed by atoms with Crippen molar-refractivity contribution in [1.82, 2.24) is 0 Å². The van der Waals surface area contributed by atoms with Crippen molar-refractivity contribution in [3.8, 4) is 0 Å². The molecule has 0 saturated heterocycles. The summed E-state index contributed by atoms with van der Waals surface area (Å²) in [5, 5.41) is -2.86. The van der Waals surface area contributed by atoms with E-state index in [1.165, 1.54) is 0 Å². The smallest absolute Gasteiger partial charge is 0.397 e. The molecular formula is C6ClF9O. The summed E-state index contributed by atoms with van der Waals surface area (Å²) in [6.45, 7) is 0. The van der Waals surface area contributed by atoms with E-state index < -0.39 is 35.2 Å². The van der Waals surface area contributed by atoms with E-state index in [4.69, 9.17) is 0 Å². The summed E-state index contributed by atoms with van der Waals surface area (Å²) < 4.78 is 110. The zero-order valence-electron chi connectivity index (χ0n) is 7.19. The van der Waals surface area contributed by atoms with E-state index in [1.54, 1.807) is 0 Å². The Morgan fingerprint density at radius 3 is 1.59 bits per heavy atom. The molecule has 0 radical (unpaired) electrons. The molecule has 0 saturated carbocycles. The van der Waals surface area contributed by atoms with Gasteiger partial charge in [-0.2, -0.15) is 35.1 Å². The summed E-state index contributed by atoms with van der Waals surface area (Å²) in [4.78, 5) is 0. The Morgan fingerprint density at radius 1 is 0.882 bits per heavy atom. The Labute approximate surface area is 92.1 Å². The second-order valence-electron chi connectivity index (χ2n) is 2.30. The van der Waals surface area contributed by atoms with Gasteiger partial charge in [-0.05, 0) is 11.6 Å². The van der Waals surface area contributed by atoms with Crippen molar-refractivity contribution in [3.05, 3.63) is 23.2 Å². The lowest BCUT2D eigenvalue weighted by molar-refractivity contribution is -0.331. The van der Waals surface area contributed by atoms with E-state index >= 15 is 0 Å². The van der Waals surface area contributed by atoms with Gasteiger partial charge in [-0.25, -0.2) is 4.39 Å². The van der Waals surface area contributed by atoms with Crippen molar-refractivity contribution in [2.24, 2.45) is 0 Å². The number of hydrogen-bond donors (Lipinski definition) is 0. The van der Waals surface area contributed by atoms with E-state index in [-0.39, 0.29) is 0 Å². The zero-order valence-corrected chi connectivity index (χ0v) is 7.94. The number of rotatable bonds is 4. The highest BCUT2D eigenvalue weighted by atomic mass is 35.5. The molecule has 11 heteroatoms. The second-order valence-corrected chi connectivity index (χ2v) is 2.63. The van der Waals surface area contributed by atoms with Gasteiger partial charge in [0.15, 0.2) is 0 Å². The molecule has 0 N–H and O–H groups in total. The van der Waals surface area contributed by atoms with Gasteiger partial charge >= 0.3 is 24.1 Å². The number of alkyl halides is 4. The van der Waals surface area contributed by atoms with Crippen LogP contribution in [-0.2, 0) is 4.74 Å². The first kappa shape index (κ1) is 15.9. The minimum atomic E-state index is -6.10. The molecule has 0 rings (SSSR count). The lowest BCUT2D eigenvalue weighted by Crippen LogP contribution is -2.43. The molecule has 100 valence electrons. The van der Waals surface area contributed by atoms with Gasteiger partial charge < -0.3 is 4.74 Å². The highest BCUT2D eigenvalue weighted by Gasteiger charge is 2.65. The molecule has 0 aliphatic heterocycles. The Bertz CT molecular complexity index is 352. The monoisotopic (exact) mass is 294 g/mol. The van der Waals surface area contributed by atoms with Crippen LogP contribution in [0.1, 0.15) is 0 Å². The van der Waals surface area contributed by atoms with E-state index in [0.717, 1.165) is 0 Å². The van der Waals surface area contributed by atoms with Crippen LogP contribution in [0.4, 0.5) is 39.5 Å². The SMILES string of the molecule is FC(F)=C(F)OC(F)(F)C(F)(F)C(F)=C(F)Cl. The molecule has 0 aliphatic carbocycles. The van der Waals surface area contributed by atoms with E-state index in [2.05, 4.69) is 16.3 Å². The first-order chi connectivity index (χ1) is 7.43. The maximum absolute atomic E-state index is 12.4. The maximum atomic E-state index is 12.4. The van der Waals surface area contributed by atoms with Crippen LogP contribution in [0.5, 0.6) is 0 Å². The standard InChI is InChI=1S/C6ClF9O/c7-2(9)1(8)5(13,14)6(15,16)17-4(12)3(10)11. The molecule has 1 nitrogen and oxygen atoms in total. The largest absolute Gasteiger partial charge is 0.473 e. The highest BCUT2D eigenvalue weighted by molar-refractivity contribution is 6.28. The highest BCUT2D eigenvalue weighted by Crippen LogP contribution is 2.44. The van der Waals surface area contributed by atoms with Crippen LogP contribution in [0.15, 0.2) is 23.2 Å². The minimum Gasteiger partial charge on any atom is -0.397 e. The van der Waals surface area contributed by atoms with Crippen molar-refractivity contribution in [2.75, 3.05) is 0 Å². The third-order valence-corrected chi connectivity index (χ3v) is 1.34. The fraction of sp³-hybridized carbons (Fsp3) is 0.333. The Kier molecular flexibility index (Phi) is 4.75. The predicted molar refractivity (Wildman–Crippen MR) is 36.4 cm³/mol. The number of ether oxygens (including phenoxy) is 1. The van der Waals surface area contributed by atoms with Crippen LogP contribution >= 0.6 is 11.6 Å². The van der Waals surface area contributed by atoms with Gasteiger partial charge in [0.25, 0.3) is 0 Å². The van der Waals surface area contributed by atoms with E-state index in [1.807, 2.05) is 0 Å². The fourth-order valence-electron chi connectivity index (χ4n) is 0.462. The van der Waals surface area contributed by atoms with Crippen LogP contribution in [0, 0.1) is 0 Å². The van der Waals surface area contributed by atoms with E-state index in [9.17, 15) is 39.5 Å². The molecule has 0 aromatic rings.